The van der Waals surface area contributed by atoms with Crippen LogP contribution in [0.4, 0.5) is 0 Å². The zero-order chi connectivity index (χ0) is 9.02. The fraction of sp³-hybridized carbons (Fsp3) is 0.571. The predicted molar refractivity (Wildman–Crippen MR) is 43.1 cm³/mol. The Hall–Kier alpha value is -1.19. The predicted octanol–water partition coefficient (Wildman–Crippen LogP) is 0.0356. The van der Waals surface area contributed by atoms with Gasteiger partial charge in [0.15, 0.2) is 0 Å². The Morgan fingerprint density at radius 3 is 1.64 bits per heavy atom. The van der Waals surface area contributed by atoms with Gasteiger partial charge in [-0.25, -0.2) is 4.79 Å². The average molecular weight is 158 g/mol. The van der Waals surface area contributed by atoms with E-state index < -0.39 is 5.97 Å². The second-order valence-corrected chi connectivity index (χ2v) is 2.63. The van der Waals surface area contributed by atoms with Gasteiger partial charge in [0, 0.05) is 28.2 Å². The highest BCUT2D eigenvalue weighted by atomic mass is 16.4. The first-order chi connectivity index (χ1) is 4.95. The number of nitrogens with zero attached hydrogens (tertiary/aromatic N) is 2. The van der Waals surface area contributed by atoms with Crippen molar-refractivity contribution in [3.05, 3.63) is 11.9 Å². The van der Waals surface area contributed by atoms with E-state index in [0.29, 0.717) is 5.82 Å². The maximum atomic E-state index is 10.3. The maximum Gasteiger partial charge on any atom is 0.331 e. The van der Waals surface area contributed by atoms with Crippen LogP contribution in [0.25, 0.3) is 0 Å². The Labute approximate surface area is 66.7 Å². The lowest BCUT2D eigenvalue weighted by molar-refractivity contribution is -0.131. The van der Waals surface area contributed by atoms with E-state index >= 15 is 0 Å². The summed E-state index contributed by atoms with van der Waals surface area (Å²) in [5.74, 6) is -0.264. The first kappa shape index (κ1) is 9.81. The number of aliphatic carboxylic acids is 1. The van der Waals surface area contributed by atoms with Crippen molar-refractivity contribution in [2.75, 3.05) is 28.2 Å². The molecule has 0 rings (SSSR count). The van der Waals surface area contributed by atoms with Gasteiger partial charge in [-0.2, -0.15) is 0 Å². The van der Waals surface area contributed by atoms with E-state index in [1.165, 1.54) is 6.08 Å². The zero-order valence-corrected chi connectivity index (χ0v) is 7.33. The Morgan fingerprint density at radius 2 is 1.55 bits per heavy atom. The molecular weight excluding hydrogens is 144 g/mol. The molecule has 11 heavy (non-hydrogen) atoms. The SMILES string of the molecule is CN(C)C(=CC(=O)O)N(C)C. The van der Waals surface area contributed by atoms with Crippen LogP contribution in [0.1, 0.15) is 0 Å². The molecule has 0 amide bonds. The Kier molecular flexibility index (Phi) is 3.44. The van der Waals surface area contributed by atoms with Crippen LogP contribution in [-0.2, 0) is 4.79 Å². The van der Waals surface area contributed by atoms with Crippen molar-refractivity contribution < 1.29 is 9.90 Å². The average Bonchev–Trinajstić information content (AvgIpc) is 1.81. The summed E-state index contributed by atoms with van der Waals surface area (Å²) in [5.41, 5.74) is 0. The summed E-state index contributed by atoms with van der Waals surface area (Å²) in [6.07, 6.45) is 1.17. The summed E-state index contributed by atoms with van der Waals surface area (Å²) < 4.78 is 0. The van der Waals surface area contributed by atoms with Crippen molar-refractivity contribution in [2.45, 2.75) is 0 Å². The Morgan fingerprint density at radius 1 is 1.18 bits per heavy atom. The van der Waals surface area contributed by atoms with Gasteiger partial charge in [-0.15, -0.1) is 0 Å². The molecule has 0 heterocycles. The lowest BCUT2D eigenvalue weighted by Crippen LogP contribution is -2.25. The summed E-state index contributed by atoms with van der Waals surface area (Å²) in [5, 5.41) is 8.45. The molecule has 0 unspecified atom stereocenters. The minimum atomic E-state index is -0.928. The second kappa shape index (κ2) is 3.85. The third-order valence-corrected chi connectivity index (χ3v) is 1.17. The molecule has 0 fully saturated rings. The standard InChI is InChI=1S/C7H14N2O2/c1-8(2)6(9(3)4)5-7(10)11/h5H,1-4H3,(H,10,11). The highest BCUT2D eigenvalue weighted by Gasteiger charge is 2.03. The van der Waals surface area contributed by atoms with Crippen molar-refractivity contribution in [2.24, 2.45) is 0 Å². The summed E-state index contributed by atoms with van der Waals surface area (Å²) in [6, 6.07) is 0. The van der Waals surface area contributed by atoms with E-state index in [1.54, 1.807) is 38.0 Å². The molecule has 1 N–H and O–H groups in total. The molecule has 0 aromatic heterocycles. The van der Waals surface area contributed by atoms with E-state index in [-0.39, 0.29) is 0 Å². The highest BCUT2D eigenvalue weighted by Crippen LogP contribution is 2.00. The minimum Gasteiger partial charge on any atom is -0.478 e. The number of hydrogen-bond donors (Lipinski definition) is 1. The maximum absolute atomic E-state index is 10.3. The van der Waals surface area contributed by atoms with Crippen LogP contribution in [0.15, 0.2) is 11.9 Å². The van der Waals surface area contributed by atoms with Crippen LogP contribution in [0, 0.1) is 0 Å². The van der Waals surface area contributed by atoms with Gasteiger partial charge in [0.25, 0.3) is 0 Å². The van der Waals surface area contributed by atoms with Crippen molar-refractivity contribution in [3.63, 3.8) is 0 Å². The van der Waals surface area contributed by atoms with Gasteiger partial charge in [-0.05, 0) is 0 Å². The summed E-state index contributed by atoms with van der Waals surface area (Å²) >= 11 is 0. The fourth-order valence-electron chi connectivity index (χ4n) is 0.769. The van der Waals surface area contributed by atoms with E-state index in [0.717, 1.165) is 0 Å². The Bertz CT molecular complexity index is 163. The molecule has 0 aliphatic rings. The molecule has 64 valence electrons. The van der Waals surface area contributed by atoms with Crippen LogP contribution in [-0.4, -0.2) is 49.1 Å². The van der Waals surface area contributed by atoms with Gasteiger partial charge >= 0.3 is 5.97 Å². The van der Waals surface area contributed by atoms with Crippen LogP contribution in [0.3, 0.4) is 0 Å². The topological polar surface area (TPSA) is 43.8 Å². The van der Waals surface area contributed by atoms with E-state index in [9.17, 15) is 4.79 Å². The van der Waals surface area contributed by atoms with Gasteiger partial charge in [0.1, 0.15) is 5.82 Å². The molecule has 0 aromatic rings. The minimum absolute atomic E-state index is 0.664. The van der Waals surface area contributed by atoms with E-state index in [4.69, 9.17) is 5.11 Å². The number of carboxylic acids is 1. The van der Waals surface area contributed by atoms with Gasteiger partial charge in [0.05, 0.1) is 6.08 Å². The molecule has 0 spiro atoms. The molecule has 0 radical (unpaired) electrons. The van der Waals surface area contributed by atoms with Crippen LogP contribution < -0.4 is 0 Å². The van der Waals surface area contributed by atoms with Crippen LogP contribution >= 0.6 is 0 Å². The van der Waals surface area contributed by atoms with Gasteiger partial charge < -0.3 is 14.9 Å². The summed E-state index contributed by atoms with van der Waals surface area (Å²) in [7, 11) is 7.20. The van der Waals surface area contributed by atoms with E-state index in [2.05, 4.69) is 0 Å². The smallest absolute Gasteiger partial charge is 0.331 e. The lowest BCUT2D eigenvalue weighted by atomic mass is 10.5. The molecule has 0 aliphatic heterocycles. The summed E-state index contributed by atoms with van der Waals surface area (Å²) in [6.45, 7) is 0. The normalized spacial score (nSPS) is 8.73. The Balaban J connectivity index is 4.46. The highest BCUT2D eigenvalue weighted by molar-refractivity contribution is 5.80. The second-order valence-electron chi connectivity index (χ2n) is 2.63. The summed E-state index contributed by atoms with van der Waals surface area (Å²) in [4.78, 5) is 13.8. The molecule has 0 aliphatic carbocycles. The quantitative estimate of drug-likeness (QED) is 0.589. The molecule has 0 bridgehead atoms. The molecule has 0 saturated carbocycles. The number of carbonyl (C=O) groups is 1. The van der Waals surface area contributed by atoms with Crippen molar-refractivity contribution >= 4 is 5.97 Å². The zero-order valence-electron chi connectivity index (χ0n) is 7.33. The van der Waals surface area contributed by atoms with Crippen LogP contribution in [0.2, 0.25) is 0 Å². The number of rotatable bonds is 3. The molecule has 0 atom stereocenters. The van der Waals surface area contributed by atoms with Gasteiger partial charge in [-0.3, -0.25) is 0 Å². The van der Waals surface area contributed by atoms with Gasteiger partial charge in [-0.1, -0.05) is 0 Å². The van der Waals surface area contributed by atoms with Gasteiger partial charge in [0.2, 0.25) is 0 Å². The first-order valence-electron chi connectivity index (χ1n) is 3.24. The monoisotopic (exact) mass is 158 g/mol. The lowest BCUT2D eigenvalue weighted by Gasteiger charge is -2.23. The molecule has 0 saturated heterocycles. The molecule has 0 aromatic carbocycles. The van der Waals surface area contributed by atoms with Crippen molar-refractivity contribution in [3.8, 4) is 0 Å². The van der Waals surface area contributed by atoms with E-state index in [1.807, 2.05) is 0 Å². The molecule has 4 nitrogen and oxygen atoms in total. The number of hydrogen-bond acceptors (Lipinski definition) is 3. The van der Waals surface area contributed by atoms with Crippen molar-refractivity contribution in [1.29, 1.82) is 0 Å². The first-order valence-corrected chi connectivity index (χ1v) is 3.24. The molecular formula is C7H14N2O2. The van der Waals surface area contributed by atoms with Crippen molar-refractivity contribution in [1.82, 2.24) is 9.80 Å². The third kappa shape index (κ3) is 3.50. The fourth-order valence-corrected chi connectivity index (χ4v) is 0.769. The molecule has 4 heteroatoms. The van der Waals surface area contributed by atoms with Crippen LogP contribution in [0.5, 0.6) is 0 Å². The largest absolute Gasteiger partial charge is 0.478 e. The third-order valence-electron chi connectivity index (χ3n) is 1.17. The number of carboxylic acid groups (broad SMARTS) is 1.